The molecule has 0 aromatic heterocycles. The number of ketones is 1. The number of halogens is 1. The fraction of sp³-hybridized carbons (Fsp3) is 0.167. The third-order valence-electron chi connectivity index (χ3n) is 4.78. The molecular formula is C24H22BrNO3. The van der Waals surface area contributed by atoms with E-state index < -0.39 is 6.04 Å². The van der Waals surface area contributed by atoms with E-state index in [1.54, 1.807) is 48.5 Å². The molecule has 1 atom stereocenters. The van der Waals surface area contributed by atoms with E-state index in [2.05, 4.69) is 21.2 Å². The van der Waals surface area contributed by atoms with Gasteiger partial charge in [0, 0.05) is 16.5 Å². The number of hydrogen-bond donors (Lipinski definition) is 2. The van der Waals surface area contributed by atoms with E-state index >= 15 is 0 Å². The smallest absolute Gasteiger partial charge is 0.251 e. The van der Waals surface area contributed by atoms with Gasteiger partial charge in [0.25, 0.3) is 5.91 Å². The molecule has 0 heterocycles. The molecule has 148 valence electrons. The van der Waals surface area contributed by atoms with Gasteiger partial charge in [-0.1, -0.05) is 52.3 Å². The van der Waals surface area contributed by atoms with Crippen molar-refractivity contribution in [3.8, 4) is 5.75 Å². The van der Waals surface area contributed by atoms with Crippen LogP contribution in [-0.2, 0) is 17.6 Å². The molecule has 0 fully saturated rings. The molecule has 1 amide bonds. The van der Waals surface area contributed by atoms with Crippen LogP contribution in [0.4, 0.5) is 0 Å². The fourth-order valence-corrected chi connectivity index (χ4v) is 3.49. The maximum atomic E-state index is 13.1. The first-order chi connectivity index (χ1) is 13.9. The predicted octanol–water partition coefficient (Wildman–Crippen LogP) is 4.62. The number of nitrogens with one attached hydrogen (secondary N) is 1. The molecule has 0 saturated carbocycles. The summed E-state index contributed by atoms with van der Waals surface area (Å²) in [6.45, 7) is 1.96. The molecule has 3 rings (SSSR count). The average molecular weight is 452 g/mol. The number of aryl methyl sites for hydroxylation is 1. The van der Waals surface area contributed by atoms with Crippen molar-refractivity contribution < 1.29 is 14.7 Å². The second-order valence-corrected chi connectivity index (χ2v) is 7.89. The molecule has 0 spiro atoms. The van der Waals surface area contributed by atoms with Crippen LogP contribution in [0, 0.1) is 6.92 Å². The van der Waals surface area contributed by atoms with Crippen LogP contribution < -0.4 is 5.32 Å². The molecule has 5 heteroatoms. The Bertz CT molecular complexity index is 1000. The summed E-state index contributed by atoms with van der Waals surface area (Å²) in [5, 5.41) is 12.4. The highest BCUT2D eigenvalue weighted by molar-refractivity contribution is 9.10. The van der Waals surface area contributed by atoms with Gasteiger partial charge in [-0.15, -0.1) is 0 Å². The highest BCUT2D eigenvalue weighted by Crippen LogP contribution is 2.18. The Hall–Kier alpha value is -2.92. The lowest BCUT2D eigenvalue weighted by molar-refractivity contribution is -0.120. The van der Waals surface area contributed by atoms with Gasteiger partial charge in [0.05, 0.1) is 6.04 Å². The molecule has 29 heavy (non-hydrogen) atoms. The minimum atomic E-state index is -0.675. The van der Waals surface area contributed by atoms with Crippen molar-refractivity contribution in [2.24, 2.45) is 0 Å². The van der Waals surface area contributed by atoms with E-state index in [4.69, 9.17) is 0 Å². The fourth-order valence-electron chi connectivity index (χ4n) is 3.09. The molecule has 3 aromatic carbocycles. The summed E-state index contributed by atoms with van der Waals surface area (Å²) >= 11 is 3.45. The second kappa shape index (κ2) is 9.52. The van der Waals surface area contributed by atoms with E-state index in [-0.39, 0.29) is 23.9 Å². The van der Waals surface area contributed by atoms with Gasteiger partial charge in [-0.3, -0.25) is 9.59 Å². The maximum absolute atomic E-state index is 13.1. The minimum absolute atomic E-state index is 0.0662. The third-order valence-corrected chi connectivity index (χ3v) is 5.28. The maximum Gasteiger partial charge on any atom is 0.251 e. The van der Waals surface area contributed by atoms with Gasteiger partial charge in [-0.05, 0) is 66.4 Å². The molecule has 2 N–H and O–H groups in total. The van der Waals surface area contributed by atoms with Crippen LogP contribution in [0.1, 0.15) is 27.0 Å². The molecule has 0 aliphatic rings. The summed E-state index contributed by atoms with van der Waals surface area (Å²) in [6, 6.07) is 20.7. The molecule has 0 saturated heterocycles. The zero-order valence-corrected chi connectivity index (χ0v) is 17.6. The summed E-state index contributed by atoms with van der Waals surface area (Å²) in [7, 11) is 0. The number of benzene rings is 3. The summed E-state index contributed by atoms with van der Waals surface area (Å²) in [4.78, 5) is 25.8. The van der Waals surface area contributed by atoms with Crippen molar-refractivity contribution in [3.63, 3.8) is 0 Å². The van der Waals surface area contributed by atoms with Gasteiger partial charge in [-0.2, -0.15) is 0 Å². The molecule has 0 aliphatic carbocycles. The summed E-state index contributed by atoms with van der Waals surface area (Å²) in [6.07, 6.45) is 0.577. The molecule has 0 radical (unpaired) electrons. The minimum Gasteiger partial charge on any atom is -0.508 e. The molecular weight excluding hydrogens is 430 g/mol. The van der Waals surface area contributed by atoms with Crippen LogP contribution in [0.5, 0.6) is 5.75 Å². The number of carbonyl (C=O) groups is 2. The Morgan fingerprint density at radius 1 is 1.00 bits per heavy atom. The highest BCUT2D eigenvalue weighted by atomic mass is 79.9. The van der Waals surface area contributed by atoms with Gasteiger partial charge in [0.1, 0.15) is 5.75 Å². The van der Waals surface area contributed by atoms with E-state index in [0.717, 1.165) is 21.2 Å². The Labute approximate surface area is 178 Å². The van der Waals surface area contributed by atoms with Gasteiger partial charge in [0.2, 0.25) is 0 Å². The molecule has 3 aromatic rings. The van der Waals surface area contributed by atoms with Crippen LogP contribution in [-0.4, -0.2) is 22.8 Å². The van der Waals surface area contributed by atoms with Gasteiger partial charge in [0.15, 0.2) is 5.78 Å². The Morgan fingerprint density at radius 2 is 1.69 bits per heavy atom. The number of hydrogen-bond acceptors (Lipinski definition) is 3. The quantitative estimate of drug-likeness (QED) is 0.550. The van der Waals surface area contributed by atoms with E-state index in [1.807, 2.05) is 31.2 Å². The Kier molecular flexibility index (Phi) is 6.83. The van der Waals surface area contributed by atoms with Crippen LogP contribution >= 0.6 is 15.9 Å². The normalized spacial score (nSPS) is 11.7. The summed E-state index contributed by atoms with van der Waals surface area (Å²) < 4.78 is 0.911. The Morgan fingerprint density at radius 3 is 2.38 bits per heavy atom. The molecule has 4 nitrogen and oxygen atoms in total. The van der Waals surface area contributed by atoms with E-state index in [1.165, 1.54) is 0 Å². The highest BCUT2D eigenvalue weighted by Gasteiger charge is 2.22. The predicted molar refractivity (Wildman–Crippen MR) is 117 cm³/mol. The number of phenolic OH excluding ortho intramolecular Hbond substituents is 1. The number of phenols is 1. The zero-order valence-electron chi connectivity index (χ0n) is 16.1. The van der Waals surface area contributed by atoms with Gasteiger partial charge in [-0.25, -0.2) is 0 Å². The van der Waals surface area contributed by atoms with Gasteiger partial charge < -0.3 is 10.4 Å². The number of rotatable bonds is 7. The number of carbonyl (C=O) groups excluding carboxylic acids is 2. The first-order valence-electron chi connectivity index (χ1n) is 9.34. The van der Waals surface area contributed by atoms with E-state index in [0.29, 0.717) is 12.0 Å². The number of aromatic hydroxyl groups is 1. The van der Waals surface area contributed by atoms with Crippen LogP contribution in [0.3, 0.4) is 0 Å². The lowest BCUT2D eigenvalue weighted by atomic mass is 9.95. The van der Waals surface area contributed by atoms with Gasteiger partial charge >= 0.3 is 0 Å². The standard InChI is InChI=1S/C24H22BrNO3/c1-16-7-10-20(25)14-19(16)15-23(28)22(13-17-8-11-21(27)12-9-17)26-24(29)18-5-3-2-4-6-18/h2-12,14,22,27H,13,15H2,1H3,(H,26,29). The first kappa shape index (κ1) is 20.8. The summed E-state index contributed by atoms with van der Waals surface area (Å²) in [5.74, 6) is -0.188. The average Bonchev–Trinajstić information content (AvgIpc) is 2.72. The van der Waals surface area contributed by atoms with Crippen LogP contribution in [0.25, 0.3) is 0 Å². The molecule has 0 bridgehead atoms. The SMILES string of the molecule is Cc1ccc(Br)cc1CC(=O)C(Cc1ccc(O)cc1)NC(=O)c1ccccc1. The van der Waals surface area contributed by atoms with Crippen molar-refractivity contribution in [1.82, 2.24) is 5.32 Å². The Balaban J connectivity index is 1.82. The first-order valence-corrected chi connectivity index (χ1v) is 10.1. The topological polar surface area (TPSA) is 66.4 Å². The lowest BCUT2D eigenvalue weighted by Crippen LogP contribution is -2.43. The molecule has 1 unspecified atom stereocenters. The van der Waals surface area contributed by atoms with Crippen molar-refractivity contribution in [2.75, 3.05) is 0 Å². The van der Waals surface area contributed by atoms with Crippen LogP contribution in [0.2, 0.25) is 0 Å². The number of amides is 1. The zero-order chi connectivity index (χ0) is 20.8. The van der Waals surface area contributed by atoms with E-state index in [9.17, 15) is 14.7 Å². The third kappa shape index (κ3) is 5.78. The lowest BCUT2D eigenvalue weighted by Gasteiger charge is -2.19. The monoisotopic (exact) mass is 451 g/mol. The largest absolute Gasteiger partial charge is 0.508 e. The molecule has 0 aliphatic heterocycles. The van der Waals surface area contributed by atoms with Crippen LogP contribution in [0.15, 0.2) is 77.3 Å². The summed E-state index contributed by atoms with van der Waals surface area (Å²) in [5.41, 5.74) is 3.32. The van der Waals surface area contributed by atoms with Crippen molar-refractivity contribution >= 4 is 27.6 Å². The van der Waals surface area contributed by atoms with Crippen molar-refractivity contribution in [3.05, 3.63) is 99.5 Å². The second-order valence-electron chi connectivity index (χ2n) is 6.98. The van der Waals surface area contributed by atoms with Crippen molar-refractivity contribution in [2.45, 2.75) is 25.8 Å². The van der Waals surface area contributed by atoms with Crippen molar-refractivity contribution in [1.29, 1.82) is 0 Å². The number of Topliss-reactive ketones (excluding diaryl/α,β-unsaturated/α-hetero) is 1.